The molecule has 3 aliphatic rings. The number of aromatic nitrogens is 1. The minimum absolute atomic E-state index is 0.00344. The van der Waals surface area contributed by atoms with Crippen LogP contribution in [0.5, 0.6) is 5.75 Å². The monoisotopic (exact) mass is 451 g/mol. The lowest BCUT2D eigenvalue weighted by atomic mass is 9.90. The minimum Gasteiger partial charge on any atom is -0.497 e. The fourth-order valence-electron chi connectivity index (χ4n) is 6.29. The van der Waals surface area contributed by atoms with Crippen molar-refractivity contribution in [2.75, 3.05) is 7.11 Å². The van der Waals surface area contributed by atoms with Gasteiger partial charge in [-0.3, -0.25) is 9.59 Å². The van der Waals surface area contributed by atoms with Gasteiger partial charge >= 0.3 is 0 Å². The van der Waals surface area contributed by atoms with Crippen molar-refractivity contribution in [1.29, 1.82) is 0 Å². The maximum atomic E-state index is 13.9. The fraction of sp³-hybridized carbons (Fsp3) is 0.630. The highest BCUT2D eigenvalue weighted by atomic mass is 16.5. The van der Waals surface area contributed by atoms with Crippen LogP contribution in [0, 0.1) is 0 Å². The van der Waals surface area contributed by atoms with E-state index in [9.17, 15) is 9.59 Å². The summed E-state index contributed by atoms with van der Waals surface area (Å²) in [6.07, 6.45) is 12.4. The number of ether oxygens (including phenoxy) is 1. The Morgan fingerprint density at radius 1 is 1.00 bits per heavy atom. The van der Waals surface area contributed by atoms with Gasteiger partial charge in [-0.1, -0.05) is 44.9 Å². The second-order valence-electron chi connectivity index (χ2n) is 10.4. The zero-order valence-corrected chi connectivity index (χ0v) is 20.1. The third-order valence-corrected chi connectivity index (χ3v) is 8.17. The standard InChI is InChI=1S/C27H37N3O3/c1-27(26(32)28-20-10-6-4-3-5-7-11-20)18-29-23-17-22(33-2)15-14-19(23)16-24(29)25(31)30(27)21-12-8-9-13-21/h14-17,20-21H,3-13,18H2,1-2H3,(H,28,32)/t27-/m0/s1. The lowest BCUT2D eigenvalue weighted by Gasteiger charge is -2.47. The molecule has 0 spiro atoms. The smallest absolute Gasteiger partial charge is 0.271 e. The van der Waals surface area contributed by atoms with Gasteiger partial charge in [-0.05, 0) is 50.8 Å². The number of fused-ring (bicyclic) bond motifs is 3. The lowest BCUT2D eigenvalue weighted by molar-refractivity contribution is -0.135. The Balaban J connectivity index is 1.52. The van der Waals surface area contributed by atoms with Crippen LogP contribution in [0.25, 0.3) is 10.9 Å². The van der Waals surface area contributed by atoms with Gasteiger partial charge in [0.05, 0.1) is 19.2 Å². The highest BCUT2D eigenvalue weighted by Gasteiger charge is 2.51. The Labute approximate surface area is 196 Å². The van der Waals surface area contributed by atoms with Crippen LogP contribution in [0.2, 0.25) is 0 Å². The van der Waals surface area contributed by atoms with Crippen LogP contribution in [0.1, 0.15) is 88.0 Å². The van der Waals surface area contributed by atoms with E-state index in [-0.39, 0.29) is 23.9 Å². The van der Waals surface area contributed by atoms with Gasteiger partial charge in [0.15, 0.2) is 0 Å². The first kappa shape index (κ1) is 22.3. The van der Waals surface area contributed by atoms with Crippen LogP contribution < -0.4 is 10.1 Å². The highest BCUT2D eigenvalue weighted by Crippen LogP contribution is 2.38. The summed E-state index contributed by atoms with van der Waals surface area (Å²) >= 11 is 0. The molecule has 2 saturated carbocycles. The average molecular weight is 452 g/mol. The normalized spacial score (nSPS) is 25.0. The second-order valence-corrected chi connectivity index (χ2v) is 10.4. The van der Waals surface area contributed by atoms with E-state index in [1.165, 1.54) is 32.1 Å². The zero-order valence-electron chi connectivity index (χ0n) is 20.1. The van der Waals surface area contributed by atoms with Crippen molar-refractivity contribution < 1.29 is 14.3 Å². The summed E-state index contributed by atoms with van der Waals surface area (Å²) in [5, 5.41) is 4.40. The Hall–Kier alpha value is -2.50. The van der Waals surface area contributed by atoms with Crippen molar-refractivity contribution in [3.63, 3.8) is 0 Å². The number of benzene rings is 1. The summed E-state index contributed by atoms with van der Waals surface area (Å²) in [5.41, 5.74) is 0.728. The van der Waals surface area contributed by atoms with E-state index in [1.807, 2.05) is 40.7 Å². The van der Waals surface area contributed by atoms with E-state index in [4.69, 9.17) is 4.74 Å². The number of amides is 2. The molecule has 2 amide bonds. The lowest BCUT2D eigenvalue weighted by Crippen LogP contribution is -2.67. The van der Waals surface area contributed by atoms with Gasteiger partial charge in [0.2, 0.25) is 5.91 Å². The van der Waals surface area contributed by atoms with E-state index in [1.54, 1.807) is 7.11 Å². The summed E-state index contributed by atoms with van der Waals surface area (Å²) in [6.45, 7) is 2.45. The van der Waals surface area contributed by atoms with E-state index in [0.29, 0.717) is 12.2 Å². The second kappa shape index (κ2) is 9.03. The fourth-order valence-corrected chi connectivity index (χ4v) is 6.29. The molecule has 2 aliphatic carbocycles. The van der Waals surface area contributed by atoms with Crippen molar-refractivity contribution in [3.05, 3.63) is 30.0 Å². The molecule has 1 N–H and O–H groups in total. The number of hydrogen-bond donors (Lipinski definition) is 1. The van der Waals surface area contributed by atoms with Crippen LogP contribution in [0.15, 0.2) is 24.3 Å². The molecule has 1 aromatic heterocycles. The molecule has 5 rings (SSSR count). The molecule has 1 aliphatic heterocycles. The molecule has 2 fully saturated rings. The number of nitrogens with one attached hydrogen (secondary N) is 1. The van der Waals surface area contributed by atoms with Crippen LogP contribution in [0.3, 0.4) is 0 Å². The first-order valence-electron chi connectivity index (χ1n) is 12.8. The van der Waals surface area contributed by atoms with Crippen LogP contribution in [-0.2, 0) is 11.3 Å². The quantitative estimate of drug-likeness (QED) is 0.709. The minimum atomic E-state index is -0.906. The molecule has 33 heavy (non-hydrogen) atoms. The Kier molecular flexibility index (Phi) is 6.11. The van der Waals surface area contributed by atoms with Gasteiger partial charge in [-0.2, -0.15) is 0 Å². The van der Waals surface area contributed by atoms with Gasteiger partial charge in [0.1, 0.15) is 17.0 Å². The first-order chi connectivity index (χ1) is 16.0. The van der Waals surface area contributed by atoms with Gasteiger partial charge in [-0.25, -0.2) is 0 Å². The van der Waals surface area contributed by atoms with Gasteiger partial charge < -0.3 is 19.5 Å². The maximum Gasteiger partial charge on any atom is 0.271 e. The SMILES string of the molecule is COc1ccc2cc3n(c2c1)C[C@@](C)(C(=O)NC1CCCCCCC1)N(C1CCCC1)C3=O. The zero-order chi connectivity index (χ0) is 23.0. The van der Waals surface area contributed by atoms with Gasteiger partial charge in [0.25, 0.3) is 5.91 Å². The van der Waals surface area contributed by atoms with E-state index in [0.717, 1.165) is 55.2 Å². The summed E-state index contributed by atoms with van der Waals surface area (Å²) in [7, 11) is 1.65. The molecule has 6 nitrogen and oxygen atoms in total. The molecule has 0 saturated heterocycles. The average Bonchev–Trinajstić information content (AvgIpc) is 3.43. The Bertz CT molecular complexity index is 1030. The molecular formula is C27H37N3O3. The Morgan fingerprint density at radius 2 is 1.67 bits per heavy atom. The molecular weight excluding hydrogens is 414 g/mol. The molecule has 6 heteroatoms. The molecule has 2 heterocycles. The first-order valence-corrected chi connectivity index (χ1v) is 12.8. The molecule has 1 aromatic carbocycles. The number of methoxy groups -OCH3 is 1. The van der Waals surface area contributed by atoms with E-state index >= 15 is 0 Å². The largest absolute Gasteiger partial charge is 0.497 e. The van der Waals surface area contributed by atoms with Gasteiger partial charge in [-0.15, -0.1) is 0 Å². The van der Waals surface area contributed by atoms with Crippen molar-refractivity contribution in [1.82, 2.24) is 14.8 Å². The van der Waals surface area contributed by atoms with Crippen molar-refractivity contribution in [3.8, 4) is 5.75 Å². The summed E-state index contributed by atoms with van der Waals surface area (Å²) in [6, 6.07) is 8.22. The molecule has 0 unspecified atom stereocenters. The third kappa shape index (κ3) is 4.02. The van der Waals surface area contributed by atoms with E-state index < -0.39 is 5.54 Å². The molecule has 2 aromatic rings. The van der Waals surface area contributed by atoms with Crippen LogP contribution in [-0.4, -0.2) is 46.0 Å². The number of carbonyl (C=O) groups excluding carboxylic acids is 2. The van der Waals surface area contributed by atoms with Crippen molar-refractivity contribution in [2.24, 2.45) is 0 Å². The molecule has 0 radical (unpaired) electrons. The molecule has 1 atom stereocenters. The van der Waals surface area contributed by atoms with Crippen LogP contribution >= 0.6 is 0 Å². The number of hydrogen-bond acceptors (Lipinski definition) is 3. The predicted molar refractivity (Wildman–Crippen MR) is 130 cm³/mol. The Morgan fingerprint density at radius 3 is 2.36 bits per heavy atom. The van der Waals surface area contributed by atoms with Crippen molar-refractivity contribution in [2.45, 2.75) is 102 Å². The predicted octanol–water partition coefficient (Wildman–Crippen LogP) is 5.04. The van der Waals surface area contributed by atoms with E-state index in [2.05, 4.69) is 5.32 Å². The van der Waals surface area contributed by atoms with Crippen molar-refractivity contribution >= 4 is 22.7 Å². The number of nitrogens with zero attached hydrogens (tertiary/aromatic N) is 2. The summed E-state index contributed by atoms with van der Waals surface area (Å²) < 4.78 is 7.49. The molecule has 178 valence electrons. The van der Waals surface area contributed by atoms with Crippen LogP contribution in [0.4, 0.5) is 0 Å². The number of rotatable bonds is 4. The molecule has 0 bridgehead atoms. The van der Waals surface area contributed by atoms with Gasteiger partial charge in [0, 0.05) is 23.5 Å². The topological polar surface area (TPSA) is 63.6 Å². The summed E-state index contributed by atoms with van der Waals surface area (Å²) in [5.74, 6) is 0.747. The highest BCUT2D eigenvalue weighted by molar-refractivity contribution is 6.04. The number of carbonyl (C=O) groups is 2. The summed E-state index contributed by atoms with van der Waals surface area (Å²) in [4.78, 5) is 29.8. The maximum absolute atomic E-state index is 13.9. The third-order valence-electron chi connectivity index (χ3n) is 8.17.